The number of fused-ring (bicyclic) bond motifs is 8. The molecule has 0 spiro atoms. The van der Waals surface area contributed by atoms with Crippen LogP contribution in [0.1, 0.15) is 64.7 Å². The Morgan fingerprint density at radius 1 is 0.818 bits per heavy atom. The van der Waals surface area contributed by atoms with Crippen molar-refractivity contribution in [2.45, 2.75) is 74.6 Å². The predicted molar refractivity (Wildman–Crippen MR) is 339 cm³/mol. The average molecular weight is 1260 g/mol. The number of anilines is 4. The van der Waals surface area contributed by atoms with Gasteiger partial charge in [0.15, 0.2) is 34.5 Å². The van der Waals surface area contributed by atoms with Crippen molar-refractivity contribution in [3.05, 3.63) is 137 Å². The van der Waals surface area contributed by atoms with E-state index < -0.39 is 44.1 Å². The molecule has 5 aromatic carbocycles. The van der Waals surface area contributed by atoms with E-state index in [1.165, 1.54) is 34.3 Å². The first-order valence-electron chi connectivity index (χ1n) is 29.0. The first kappa shape index (κ1) is 63.7. The van der Waals surface area contributed by atoms with E-state index in [0.29, 0.717) is 98.9 Å². The van der Waals surface area contributed by atoms with Crippen LogP contribution in [0.2, 0.25) is 0 Å². The number of hydrogen-bond donors (Lipinski definition) is 4. The zero-order valence-corrected chi connectivity index (χ0v) is 52.1. The molecule has 0 saturated heterocycles. The zero-order chi connectivity index (χ0) is 62.1. The second-order valence-electron chi connectivity index (χ2n) is 22.2. The number of hydrogen-bond acceptors (Lipinski definition) is 20. The number of aliphatic imine (C=N–C) groups is 1. The van der Waals surface area contributed by atoms with Crippen molar-refractivity contribution < 1.29 is 70.4 Å². The lowest BCUT2D eigenvalue weighted by atomic mass is 10.1. The third-order valence-corrected chi connectivity index (χ3v) is 20.1. The maximum Gasteiger partial charge on any atom is 0.276 e. The Morgan fingerprint density at radius 3 is 2.16 bits per heavy atom. The van der Waals surface area contributed by atoms with Gasteiger partial charge in [0.05, 0.1) is 70.6 Å². The van der Waals surface area contributed by atoms with Gasteiger partial charge in [-0.2, -0.15) is 8.42 Å². The van der Waals surface area contributed by atoms with Gasteiger partial charge >= 0.3 is 0 Å². The molecule has 88 heavy (non-hydrogen) atoms. The second-order valence-corrected chi connectivity index (χ2v) is 27.0. The lowest BCUT2D eigenvalue weighted by Gasteiger charge is -2.34. The van der Waals surface area contributed by atoms with E-state index in [1.807, 2.05) is 92.9 Å². The van der Waals surface area contributed by atoms with E-state index in [0.717, 1.165) is 62.9 Å². The van der Waals surface area contributed by atoms with Crippen LogP contribution in [0.4, 0.5) is 28.4 Å². The number of imide groups is 1. The number of para-hydroxylation sites is 2. The van der Waals surface area contributed by atoms with Crippen LogP contribution < -0.4 is 44.3 Å². The summed E-state index contributed by atoms with van der Waals surface area (Å²) < 4.78 is 76.8. The first-order valence-corrected chi connectivity index (χ1v) is 32.8. The maximum absolute atomic E-state index is 14.3. The molecule has 5 aliphatic heterocycles. The molecule has 0 aliphatic carbocycles. The number of methoxy groups -OCH3 is 3. The van der Waals surface area contributed by atoms with Crippen LogP contribution in [-0.2, 0) is 64.8 Å². The highest BCUT2D eigenvalue weighted by molar-refractivity contribution is 8.77. The van der Waals surface area contributed by atoms with E-state index in [1.54, 1.807) is 31.3 Å². The summed E-state index contributed by atoms with van der Waals surface area (Å²) in [6, 6.07) is 28.9. The Kier molecular flexibility index (Phi) is 20.6. The summed E-state index contributed by atoms with van der Waals surface area (Å²) >= 11 is 0. The Balaban J connectivity index is 0.907. The molecule has 2 unspecified atom stereocenters. The molecule has 4 atom stereocenters. The fraction of sp³-hybridized carbons (Fsp3) is 0.413. The molecular formula is C63H73N7O15S3. The molecule has 0 bridgehead atoms. The van der Waals surface area contributed by atoms with Crippen molar-refractivity contribution in [1.29, 1.82) is 0 Å². The van der Waals surface area contributed by atoms with E-state index in [4.69, 9.17) is 38.2 Å². The fourth-order valence-electron chi connectivity index (χ4n) is 11.4. The van der Waals surface area contributed by atoms with Crippen molar-refractivity contribution in [3.63, 3.8) is 0 Å². The molecule has 5 heterocycles. The van der Waals surface area contributed by atoms with Crippen molar-refractivity contribution in [2.24, 2.45) is 4.99 Å². The largest absolute Gasteiger partial charge is 0.493 e. The van der Waals surface area contributed by atoms with Gasteiger partial charge in [-0.25, -0.2) is 0 Å². The summed E-state index contributed by atoms with van der Waals surface area (Å²) in [6.07, 6.45) is 4.29. The number of aliphatic hydroxyl groups excluding tert-OH is 1. The number of nitrogens with zero attached hydrogens (tertiary/aromatic N) is 5. The molecule has 468 valence electrons. The highest BCUT2D eigenvalue weighted by atomic mass is 33.1. The minimum absolute atomic E-state index is 0.0227. The molecular weight excluding hydrogens is 1190 g/mol. The summed E-state index contributed by atoms with van der Waals surface area (Å²) in [5.74, 6) is -0.456. The van der Waals surface area contributed by atoms with Crippen molar-refractivity contribution in [1.82, 2.24) is 10.2 Å². The molecule has 0 radical (unpaired) electrons. The molecule has 4 N–H and O–H groups in total. The predicted octanol–water partition coefficient (Wildman–Crippen LogP) is 7.33. The van der Waals surface area contributed by atoms with Crippen LogP contribution in [-0.4, -0.2) is 168 Å². The number of rotatable bonds is 30. The van der Waals surface area contributed by atoms with Gasteiger partial charge in [0.1, 0.15) is 13.2 Å². The van der Waals surface area contributed by atoms with Crippen LogP contribution in [0.25, 0.3) is 0 Å². The van der Waals surface area contributed by atoms with Crippen LogP contribution in [0.3, 0.4) is 0 Å². The van der Waals surface area contributed by atoms with E-state index in [-0.39, 0.29) is 56.5 Å². The third-order valence-electron chi connectivity index (χ3n) is 15.7. The van der Waals surface area contributed by atoms with E-state index in [9.17, 15) is 37.3 Å². The third kappa shape index (κ3) is 14.9. The number of benzene rings is 5. The molecule has 0 fully saturated rings. The minimum atomic E-state index is -4.83. The standard InChI is InChI=1S/C63H73N7O15S3/c1-63(2,87-86-25-16-57(88(76,77)78)60(73)64-17-18-68-58(71)14-15-59(68)72)39-67(19-20-82-23-24-83-22-21-79-3)44-27-40(37-84-55-33-49-47(31-53(55)80-4)61(74)69-45(35-65-49)29-42-10-6-8-12-51(42)69)26-41(28-44)38-85-56-34-50-48(32-54(56)81-5)62(75)70-46(36-66-50)30-43-11-7-9-13-52(43)70/h6-15,26-28,31-35,45-46,57,62,66,75H,16-25,29-30,36-39H2,1-5H3,(H,64,73)(H,76,77,78)/t45-,46-,57?,62?/m0/s1. The number of carbonyl (C=O) groups excluding carboxylic acids is 4. The van der Waals surface area contributed by atoms with Crippen molar-refractivity contribution >= 4 is 90.0 Å². The van der Waals surface area contributed by atoms with Crippen LogP contribution >= 0.6 is 21.6 Å². The van der Waals surface area contributed by atoms with Crippen LogP contribution in [0.15, 0.2) is 108 Å². The molecule has 5 aromatic rings. The van der Waals surface area contributed by atoms with Gasteiger partial charge in [-0.15, -0.1) is 0 Å². The monoisotopic (exact) mass is 1260 g/mol. The molecule has 25 heteroatoms. The Hall–Kier alpha value is -7.36. The van der Waals surface area contributed by atoms with Gasteiger partial charge in [0, 0.05) is 116 Å². The van der Waals surface area contributed by atoms with Gasteiger partial charge in [-0.05, 0) is 91.4 Å². The number of aliphatic hydroxyl groups is 1. The normalized spacial score (nSPS) is 17.7. The van der Waals surface area contributed by atoms with Crippen LogP contribution in [0, 0.1) is 0 Å². The quantitative estimate of drug-likeness (QED) is 0.0152. The summed E-state index contributed by atoms with van der Waals surface area (Å²) in [5, 5.41) is 16.2. The topological polar surface area (TPSA) is 257 Å². The number of carbonyl (C=O) groups is 4. The molecule has 10 rings (SSSR count). The highest BCUT2D eigenvalue weighted by Gasteiger charge is 2.39. The summed E-state index contributed by atoms with van der Waals surface area (Å²) in [7, 11) is 2.69. The van der Waals surface area contributed by atoms with Crippen molar-refractivity contribution in [2.75, 3.05) is 113 Å². The van der Waals surface area contributed by atoms with Gasteiger partial charge in [-0.1, -0.05) is 58.0 Å². The average Bonchev–Trinajstić information content (AvgIpc) is 2.51. The first-order chi connectivity index (χ1) is 42.4. The van der Waals surface area contributed by atoms with Crippen LogP contribution in [0.5, 0.6) is 23.0 Å². The molecule has 22 nitrogen and oxygen atoms in total. The molecule has 4 amide bonds. The van der Waals surface area contributed by atoms with Gasteiger partial charge in [0.25, 0.3) is 27.8 Å². The molecule has 5 aliphatic rings. The number of nitrogens with one attached hydrogen (secondary N) is 2. The zero-order valence-electron chi connectivity index (χ0n) is 49.7. The number of ether oxygens (including phenoxy) is 7. The molecule has 0 aromatic heterocycles. The Morgan fingerprint density at radius 2 is 1.47 bits per heavy atom. The fourth-order valence-corrected chi connectivity index (χ4v) is 14.9. The van der Waals surface area contributed by atoms with Gasteiger partial charge < -0.3 is 58.7 Å². The SMILES string of the molecule is COCCOCCOCCN(CC(C)(C)SSCCC(C(=O)NCCN1C(=O)C=CC1=O)S(=O)(=O)O)c1cc(COc2cc3c(cc2OC)C(=O)N2c4ccccc4C[C@H]2C=N3)cc(COc2cc3c(cc2OC)C(O)N2c4ccccc4C[C@H]2CN3)c1. The van der Waals surface area contributed by atoms with E-state index >= 15 is 0 Å². The molecule has 0 saturated carbocycles. The second kappa shape index (κ2) is 28.4. The van der Waals surface area contributed by atoms with Crippen molar-refractivity contribution in [3.8, 4) is 23.0 Å². The summed E-state index contributed by atoms with van der Waals surface area (Å²) in [5.41, 5.74) is 8.61. The lowest BCUT2D eigenvalue weighted by Crippen LogP contribution is -2.44. The Bertz CT molecular complexity index is 3550. The highest BCUT2D eigenvalue weighted by Crippen LogP contribution is 2.46. The minimum Gasteiger partial charge on any atom is -0.493 e. The maximum atomic E-state index is 14.3. The summed E-state index contributed by atoms with van der Waals surface area (Å²) in [6.45, 7) is 7.14. The number of amides is 4. The van der Waals surface area contributed by atoms with Gasteiger partial charge in [0.2, 0.25) is 5.91 Å². The van der Waals surface area contributed by atoms with E-state index in [2.05, 4.69) is 26.5 Å². The van der Waals surface area contributed by atoms with Gasteiger partial charge in [-0.3, -0.25) is 38.5 Å². The smallest absolute Gasteiger partial charge is 0.276 e. The lowest BCUT2D eigenvalue weighted by molar-refractivity contribution is -0.137. The summed E-state index contributed by atoms with van der Waals surface area (Å²) in [4.78, 5) is 63.2. The Labute approximate surface area is 520 Å².